The molecule has 1 atom stereocenters. The van der Waals surface area contributed by atoms with Crippen LogP contribution >= 0.6 is 0 Å². The predicted molar refractivity (Wildman–Crippen MR) is 94.9 cm³/mol. The highest BCUT2D eigenvalue weighted by Crippen LogP contribution is 2.25. The van der Waals surface area contributed by atoms with E-state index >= 15 is 0 Å². The van der Waals surface area contributed by atoms with Crippen molar-refractivity contribution in [2.24, 2.45) is 0 Å². The van der Waals surface area contributed by atoms with Crippen molar-refractivity contribution in [3.05, 3.63) is 42.2 Å². The molecule has 1 aromatic heterocycles. The lowest BCUT2D eigenvalue weighted by molar-refractivity contribution is -0.121. The number of hydrogen-bond donors (Lipinski definition) is 1. The van der Waals surface area contributed by atoms with E-state index in [1.165, 1.54) is 0 Å². The summed E-state index contributed by atoms with van der Waals surface area (Å²) in [6.45, 7) is 5.32. The monoisotopic (exact) mass is 330 g/mol. The van der Waals surface area contributed by atoms with Gasteiger partial charge in [-0.05, 0) is 57.3 Å². The number of benzene rings is 1. The van der Waals surface area contributed by atoms with Gasteiger partial charge in [0.05, 0.1) is 13.2 Å². The summed E-state index contributed by atoms with van der Waals surface area (Å²) in [7, 11) is 3.65. The Bertz CT molecular complexity index is 649. The topological polar surface area (TPSA) is 54.7 Å². The van der Waals surface area contributed by atoms with Crippen LogP contribution in [0.5, 0.6) is 5.75 Å². The standard InChI is InChI=1S/C19H26N2O3/c1-5-23-16-8-6-15(7-9-16)18-11-10-17(24-18)13-21(4)14(2)12-19(22)20-3/h6-11,14H,5,12-13H2,1-4H3,(H,20,22)/t14-/m0/s1. The first-order valence-electron chi connectivity index (χ1n) is 8.26. The molecule has 130 valence electrons. The molecule has 2 aromatic rings. The van der Waals surface area contributed by atoms with Crippen LogP contribution in [-0.4, -0.2) is 37.6 Å². The quantitative estimate of drug-likeness (QED) is 0.807. The van der Waals surface area contributed by atoms with Crippen LogP contribution in [0.4, 0.5) is 0 Å². The van der Waals surface area contributed by atoms with E-state index in [0.29, 0.717) is 19.6 Å². The molecule has 0 radical (unpaired) electrons. The molecule has 1 amide bonds. The summed E-state index contributed by atoms with van der Waals surface area (Å²) in [6.07, 6.45) is 0.472. The number of hydrogen-bond acceptors (Lipinski definition) is 4. The third-order valence-electron chi connectivity index (χ3n) is 4.03. The number of nitrogens with zero attached hydrogens (tertiary/aromatic N) is 1. The van der Waals surface area contributed by atoms with Crippen molar-refractivity contribution in [3.63, 3.8) is 0 Å². The fourth-order valence-corrected chi connectivity index (χ4v) is 2.43. The highest BCUT2D eigenvalue weighted by Gasteiger charge is 2.15. The fourth-order valence-electron chi connectivity index (χ4n) is 2.43. The maximum atomic E-state index is 11.5. The third kappa shape index (κ3) is 4.86. The van der Waals surface area contributed by atoms with Gasteiger partial charge in [0.15, 0.2) is 0 Å². The molecule has 0 fully saturated rings. The smallest absolute Gasteiger partial charge is 0.221 e. The number of carbonyl (C=O) groups is 1. The molecule has 0 spiro atoms. The van der Waals surface area contributed by atoms with Crippen molar-refractivity contribution in [1.82, 2.24) is 10.2 Å². The second-order valence-electron chi connectivity index (χ2n) is 5.86. The minimum Gasteiger partial charge on any atom is -0.494 e. The fraction of sp³-hybridized carbons (Fsp3) is 0.421. The summed E-state index contributed by atoms with van der Waals surface area (Å²) >= 11 is 0. The van der Waals surface area contributed by atoms with Gasteiger partial charge in [-0.15, -0.1) is 0 Å². The van der Waals surface area contributed by atoms with E-state index < -0.39 is 0 Å². The van der Waals surface area contributed by atoms with E-state index in [9.17, 15) is 4.79 Å². The van der Waals surface area contributed by atoms with Crippen LogP contribution in [0.3, 0.4) is 0 Å². The van der Waals surface area contributed by atoms with Crippen LogP contribution in [0.15, 0.2) is 40.8 Å². The van der Waals surface area contributed by atoms with Crippen molar-refractivity contribution in [2.45, 2.75) is 32.9 Å². The zero-order valence-corrected chi connectivity index (χ0v) is 14.8. The van der Waals surface area contributed by atoms with Crippen LogP contribution in [0, 0.1) is 0 Å². The van der Waals surface area contributed by atoms with Crippen molar-refractivity contribution >= 4 is 5.91 Å². The molecular formula is C19H26N2O3. The summed E-state index contributed by atoms with van der Waals surface area (Å²) in [5.74, 6) is 2.62. The molecule has 0 saturated heterocycles. The minimum atomic E-state index is 0.0453. The lowest BCUT2D eigenvalue weighted by Gasteiger charge is -2.22. The van der Waals surface area contributed by atoms with Crippen LogP contribution < -0.4 is 10.1 Å². The van der Waals surface area contributed by atoms with Crippen LogP contribution in [0.25, 0.3) is 11.3 Å². The molecule has 2 rings (SSSR count). The Morgan fingerprint density at radius 2 is 1.96 bits per heavy atom. The summed E-state index contributed by atoms with van der Waals surface area (Å²) in [5, 5.41) is 2.65. The number of furan rings is 1. The van der Waals surface area contributed by atoms with E-state index in [-0.39, 0.29) is 11.9 Å². The van der Waals surface area contributed by atoms with Crippen molar-refractivity contribution in [3.8, 4) is 17.1 Å². The third-order valence-corrected chi connectivity index (χ3v) is 4.03. The van der Waals surface area contributed by atoms with E-state index in [2.05, 4.69) is 10.2 Å². The first-order valence-corrected chi connectivity index (χ1v) is 8.26. The SMILES string of the molecule is CCOc1ccc(-c2ccc(CN(C)[C@@H](C)CC(=O)NC)o2)cc1. The highest BCUT2D eigenvalue weighted by molar-refractivity contribution is 5.76. The average Bonchev–Trinajstić information content (AvgIpc) is 3.04. The van der Waals surface area contributed by atoms with Crippen molar-refractivity contribution < 1.29 is 13.9 Å². The lowest BCUT2D eigenvalue weighted by atomic mass is 10.2. The summed E-state index contributed by atoms with van der Waals surface area (Å²) in [5.41, 5.74) is 1.02. The molecule has 5 nitrogen and oxygen atoms in total. The van der Waals surface area contributed by atoms with E-state index in [1.54, 1.807) is 7.05 Å². The van der Waals surface area contributed by atoms with E-state index in [0.717, 1.165) is 22.8 Å². The molecule has 0 saturated carbocycles. The zero-order valence-electron chi connectivity index (χ0n) is 14.8. The van der Waals surface area contributed by atoms with E-state index in [1.807, 2.05) is 57.3 Å². The van der Waals surface area contributed by atoms with Gasteiger partial charge in [0.1, 0.15) is 17.3 Å². The predicted octanol–water partition coefficient (Wildman–Crippen LogP) is 3.30. The normalized spacial score (nSPS) is 12.2. The first-order chi connectivity index (χ1) is 11.5. The van der Waals surface area contributed by atoms with Gasteiger partial charge >= 0.3 is 0 Å². The Morgan fingerprint density at radius 1 is 1.25 bits per heavy atom. The van der Waals surface area contributed by atoms with Gasteiger partial charge < -0.3 is 14.5 Å². The Hall–Kier alpha value is -2.27. The summed E-state index contributed by atoms with van der Waals surface area (Å²) < 4.78 is 11.4. The van der Waals surface area contributed by atoms with Gasteiger partial charge in [-0.3, -0.25) is 9.69 Å². The molecule has 5 heteroatoms. The molecule has 24 heavy (non-hydrogen) atoms. The molecule has 1 N–H and O–H groups in total. The number of ether oxygens (including phenoxy) is 1. The zero-order chi connectivity index (χ0) is 17.5. The Balaban J connectivity index is 1.98. The van der Waals surface area contributed by atoms with Crippen LogP contribution in [0.2, 0.25) is 0 Å². The first kappa shape index (κ1) is 18.1. The molecule has 1 aromatic carbocycles. The van der Waals surface area contributed by atoms with Crippen LogP contribution in [0.1, 0.15) is 26.0 Å². The maximum absolute atomic E-state index is 11.5. The van der Waals surface area contributed by atoms with Crippen molar-refractivity contribution in [1.29, 1.82) is 0 Å². The van der Waals surface area contributed by atoms with Gasteiger partial charge in [0.2, 0.25) is 5.91 Å². The molecule has 0 aliphatic rings. The second kappa shape index (κ2) is 8.55. The molecule has 0 aliphatic carbocycles. The molecule has 0 aliphatic heterocycles. The number of nitrogens with one attached hydrogen (secondary N) is 1. The maximum Gasteiger partial charge on any atom is 0.221 e. The Labute approximate surface area is 143 Å². The summed E-state index contributed by atoms with van der Waals surface area (Å²) in [4.78, 5) is 13.6. The molecule has 1 heterocycles. The van der Waals surface area contributed by atoms with Crippen LogP contribution in [-0.2, 0) is 11.3 Å². The van der Waals surface area contributed by atoms with Gasteiger partial charge in [-0.1, -0.05) is 0 Å². The Morgan fingerprint density at radius 3 is 2.58 bits per heavy atom. The molecular weight excluding hydrogens is 304 g/mol. The average molecular weight is 330 g/mol. The molecule has 0 bridgehead atoms. The number of amides is 1. The largest absolute Gasteiger partial charge is 0.494 e. The van der Waals surface area contributed by atoms with Crippen molar-refractivity contribution in [2.75, 3.05) is 20.7 Å². The van der Waals surface area contributed by atoms with Gasteiger partial charge in [0, 0.05) is 25.1 Å². The summed E-state index contributed by atoms with van der Waals surface area (Å²) in [6, 6.07) is 12.0. The highest BCUT2D eigenvalue weighted by atomic mass is 16.5. The lowest BCUT2D eigenvalue weighted by Crippen LogP contribution is -2.33. The second-order valence-corrected chi connectivity index (χ2v) is 5.86. The van der Waals surface area contributed by atoms with Gasteiger partial charge in [0.25, 0.3) is 0 Å². The van der Waals surface area contributed by atoms with Gasteiger partial charge in [-0.2, -0.15) is 0 Å². The van der Waals surface area contributed by atoms with E-state index in [4.69, 9.17) is 9.15 Å². The number of rotatable bonds is 8. The molecule has 0 unspecified atom stereocenters. The Kier molecular flexibility index (Phi) is 6.44. The van der Waals surface area contributed by atoms with Gasteiger partial charge in [-0.25, -0.2) is 0 Å². The number of carbonyl (C=O) groups excluding carboxylic acids is 1. The minimum absolute atomic E-state index is 0.0453.